The molecule has 0 heterocycles. The van der Waals surface area contributed by atoms with Crippen LogP contribution in [0.2, 0.25) is 0 Å². The Morgan fingerprint density at radius 2 is 1.95 bits per heavy atom. The van der Waals surface area contributed by atoms with Crippen molar-refractivity contribution < 1.29 is 5.11 Å². The zero-order valence-electron chi connectivity index (χ0n) is 14.2. The van der Waals surface area contributed by atoms with Gasteiger partial charge in [-0.3, -0.25) is 4.90 Å². The SMILES string of the molecule is CCNC1CCC(CC)CC1CN(CCCO)C1CCC1. The van der Waals surface area contributed by atoms with Crippen LogP contribution in [0.5, 0.6) is 0 Å². The van der Waals surface area contributed by atoms with Gasteiger partial charge >= 0.3 is 0 Å². The highest BCUT2D eigenvalue weighted by molar-refractivity contribution is 4.89. The van der Waals surface area contributed by atoms with Gasteiger partial charge < -0.3 is 10.4 Å². The summed E-state index contributed by atoms with van der Waals surface area (Å²) >= 11 is 0. The van der Waals surface area contributed by atoms with Gasteiger partial charge in [-0.2, -0.15) is 0 Å². The average molecular weight is 296 g/mol. The number of aliphatic hydroxyl groups excluding tert-OH is 1. The Bertz CT molecular complexity index is 280. The van der Waals surface area contributed by atoms with Gasteiger partial charge in [0.25, 0.3) is 0 Å². The van der Waals surface area contributed by atoms with Gasteiger partial charge in [-0.15, -0.1) is 0 Å². The van der Waals surface area contributed by atoms with E-state index in [0.29, 0.717) is 6.61 Å². The van der Waals surface area contributed by atoms with Crippen LogP contribution in [0.4, 0.5) is 0 Å². The lowest BCUT2D eigenvalue weighted by Gasteiger charge is -2.44. The van der Waals surface area contributed by atoms with E-state index in [1.54, 1.807) is 0 Å². The maximum absolute atomic E-state index is 9.17. The normalized spacial score (nSPS) is 30.6. The molecule has 2 aliphatic rings. The predicted molar refractivity (Wildman–Crippen MR) is 89.5 cm³/mol. The van der Waals surface area contributed by atoms with Crippen LogP contribution < -0.4 is 5.32 Å². The summed E-state index contributed by atoms with van der Waals surface area (Å²) in [4.78, 5) is 2.70. The second-order valence-electron chi connectivity index (χ2n) is 7.17. The van der Waals surface area contributed by atoms with Gasteiger partial charge in [0.05, 0.1) is 0 Å². The van der Waals surface area contributed by atoms with Crippen molar-refractivity contribution in [2.45, 2.75) is 77.3 Å². The van der Waals surface area contributed by atoms with Crippen LogP contribution in [-0.2, 0) is 0 Å². The summed E-state index contributed by atoms with van der Waals surface area (Å²) in [5.74, 6) is 1.74. The molecule has 0 bridgehead atoms. The molecule has 3 nitrogen and oxygen atoms in total. The van der Waals surface area contributed by atoms with Crippen molar-refractivity contribution >= 4 is 0 Å². The molecular weight excluding hydrogens is 260 g/mol. The number of hydrogen-bond donors (Lipinski definition) is 2. The molecule has 2 aliphatic carbocycles. The van der Waals surface area contributed by atoms with Crippen molar-refractivity contribution in [2.24, 2.45) is 11.8 Å². The molecule has 0 aromatic carbocycles. The Hall–Kier alpha value is -0.120. The van der Waals surface area contributed by atoms with Gasteiger partial charge in [-0.25, -0.2) is 0 Å². The van der Waals surface area contributed by atoms with Crippen LogP contribution in [0, 0.1) is 11.8 Å². The van der Waals surface area contributed by atoms with E-state index in [4.69, 9.17) is 0 Å². The van der Waals surface area contributed by atoms with Gasteiger partial charge in [-0.1, -0.05) is 26.7 Å². The van der Waals surface area contributed by atoms with Crippen molar-refractivity contribution in [1.82, 2.24) is 10.2 Å². The number of aliphatic hydroxyl groups is 1. The molecule has 2 saturated carbocycles. The number of hydrogen-bond acceptors (Lipinski definition) is 3. The minimum Gasteiger partial charge on any atom is -0.396 e. The molecule has 3 heteroatoms. The number of nitrogens with one attached hydrogen (secondary N) is 1. The fraction of sp³-hybridized carbons (Fsp3) is 1.00. The predicted octanol–water partition coefficient (Wildman–Crippen LogP) is 3.03. The number of rotatable bonds is 9. The highest BCUT2D eigenvalue weighted by Gasteiger charge is 2.33. The Kier molecular flexibility index (Phi) is 7.48. The minimum atomic E-state index is 0.335. The van der Waals surface area contributed by atoms with Crippen LogP contribution in [-0.4, -0.2) is 48.3 Å². The minimum absolute atomic E-state index is 0.335. The molecular formula is C18H36N2O. The lowest BCUT2D eigenvalue weighted by atomic mass is 9.76. The van der Waals surface area contributed by atoms with Gasteiger partial charge in [-0.05, 0) is 56.9 Å². The lowest BCUT2D eigenvalue weighted by molar-refractivity contribution is 0.0695. The maximum Gasteiger partial charge on any atom is 0.0443 e. The summed E-state index contributed by atoms with van der Waals surface area (Å²) in [6, 6.07) is 1.52. The van der Waals surface area contributed by atoms with E-state index in [-0.39, 0.29) is 0 Å². The summed E-state index contributed by atoms with van der Waals surface area (Å²) < 4.78 is 0. The largest absolute Gasteiger partial charge is 0.396 e. The first kappa shape index (κ1) is 17.2. The average Bonchev–Trinajstić information content (AvgIpc) is 2.44. The summed E-state index contributed by atoms with van der Waals surface area (Å²) in [6.45, 7) is 8.36. The van der Waals surface area contributed by atoms with Crippen LogP contribution in [0.1, 0.15) is 65.2 Å². The van der Waals surface area contributed by atoms with Crippen molar-refractivity contribution in [1.29, 1.82) is 0 Å². The first-order valence-corrected chi connectivity index (χ1v) is 9.36. The smallest absolute Gasteiger partial charge is 0.0443 e. The van der Waals surface area contributed by atoms with Gasteiger partial charge in [0.1, 0.15) is 0 Å². The third kappa shape index (κ3) is 4.94. The van der Waals surface area contributed by atoms with E-state index >= 15 is 0 Å². The summed E-state index contributed by atoms with van der Waals surface area (Å²) in [7, 11) is 0. The zero-order chi connectivity index (χ0) is 15.1. The third-order valence-corrected chi connectivity index (χ3v) is 5.80. The van der Waals surface area contributed by atoms with E-state index in [0.717, 1.165) is 43.4 Å². The summed E-state index contributed by atoms with van der Waals surface area (Å²) in [5.41, 5.74) is 0. The van der Waals surface area contributed by atoms with Crippen molar-refractivity contribution in [3.63, 3.8) is 0 Å². The number of nitrogens with zero attached hydrogens (tertiary/aromatic N) is 1. The molecule has 124 valence electrons. The molecule has 2 fully saturated rings. The fourth-order valence-corrected chi connectivity index (χ4v) is 4.21. The maximum atomic E-state index is 9.17. The van der Waals surface area contributed by atoms with E-state index in [1.807, 2.05) is 0 Å². The zero-order valence-corrected chi connectivity index (χ0v) is 14.2. The van der Waals surface area contributed by atoms with Crippen molar-refractivity contribution in [3.05, 3.63) is 0 Å². The summed E-state index contributed by atoms with van der Waals surface area (Å²) in [5, 5.41) is 12.9. The van der Waals surface area contributed by atoms with Gasteiger partial charge in [0.2, 0.25) is 0 Å². The van der Waals surface area contributed by atoms with Gasteiger partial charge in [0, 0.05) is 31.8 Å². The molecule has 0 amide bonds. The van der Waals surface area contributed by atoms with Crippen LogP contribution in [0.15, 0.2) is 0 Å². The highest BCUT2D eigenvalue weighted by Crippen LogP contribution is 2.34. The molecule has 3 unspecified atom stereocenters. The molecule has 2 N–H and O–H groups in total. The van der Waals surface area contributed by atoms with E-state index in [1.165, 1.54) is 51.5 Å². The first-order valence-electron chi connectivity index (χ1n) is 9.36. The van der Waals surface area contributed by atoms with Crippen LogP contribution in [0.3, 0.4) is 0 Å². The van der Waals surface area contributed by atoms with Crippen molar-refractivity contribution in [3.8, 4) is 0 Å². The lowest BCUT2D eigenvalue weighted by Crippen LogP contribution is -2.50. The molecule has 0 aliphatic heterocycles. The molecule has 0 radical (unpaired) electrons. The topological polar surface area (TPSA) is 35.5 Å². The molecule has 0 aromatic rings. The standard InChI is InChI=1S/C18H36N2O/c1-3-15-9-10-18(19-4-2)16(13-15)14-20(11-6-12-21)17-7-5-8-17/h15-19,21H,3-14H2,1-2H3. The molecule has 0 aromatic heterocycles. The third-order valence-electron chi connectivity index (χ3n) is 5.80. The second kappa shape index (κ2) is 9.12. The Labute approximate surface area is 131 Å². The second-order valence-corrected chi connectivity index (χ2v) is 7.17. The molecule has 3 atom stereocenters. The van der Waals surface area contributed by atoms with E-state index < -0.39 is 0 Å². The Morgan fingerprint density at radius 3 is 2.52 bits per heavy atom. The highest BCUT2D eigenvalue weighted by atomic mass is 16.3. The van der Waals surface area contributed by atoms with E-state index in [9.17, 15) is 5.11 Å². The molecule has 21 heavy (non-hydrogen) atoms. The molecule has 0 spiro atoms. The van der Waals surface area contributed by atoms with Crippen LogP contribution >= 0.6 is 0 Å². The van der Waals surface area contributed by atoms with Gasteiger partial charge in [0.15, 0.2) is 0 Å². The first-order chi connectivity index (χ1) is 10.3. The monoisotopic (exact) mass is 296 g/mol. The van der Waals surface area contributed by atoms with E-state index in [2.05, 4.69) is 24.1 Å². The Morgan fingerprint density at radius 1 is 1.14 bits per heavy atom. The molecule has 2 rings (SSSR count). The van der Waals surface area contributed by atoms with Crippen LogP contribution in [0.25, 0.3) is 0 Å². The molecule has 0 saturated heterocycles. The quantitative estimate of drug-likeness (QED) is 0.686. The summed E-state index contributed by atoms with van der Waals surface area (Å²) in [6.07, 6.45) is 10.6. The fourth-order valence-electron chi connectivity index (χ4n) is 4.21. The Balaban J connectivity index is 1.92. The van der Waals surface area contributed by atoms with Crippen molar-refractivity contribution in [2.75, 3.05) is 26.2 Å².